The Labute approximate surface area is 141 Å². The van der Waals surface area contributed by atoms with Crippen LogP contribution in [0.3, 0.4) is 0 Å². The lowest BCUT2D eigenvalue weighted by atomic mass is 10.1. The van der Waals surface area contributed by atoms with E-state index in [9.17, 15) is 4.79 Å². The lowest BCUT2D eigenvalue weighted by molar-refractivity contribution is 0.0658. The Kier molecular flexibility index (Phi) is 3.47. The summed E-state index contributed by atoms with van der Waals surface area (Å²) in [5.41, 5.74) is 1.55. The highest BCUT2D eigenvalue weighted by atomic mass is 16.2. The number of fused-ring (bicyclic) bond motifs is 3. The molecule has 0 aliphatic carbocycles. The van der Waals surface area contributed by atoms with Crippen molar-refractivity contribution in [2.24, 2.45) is 7.05 Å². The van der Waals surface area contributed by atoms with E-state index in [1.807, 2.05) is 20.0 Å². The third-order valence-electron chi connectivity index (χ3n) is 5.37. The Hall–Kier alpha value is -2.18. The van der Waals surface area contributed by atoms with E-state index in [-0.39, 0.29) is 18.0 Å². The van der Waals surface area contributed by atoms with Crippen molar-refractivity contribution in [3.63, 3.8) is 0 Å². The molecular weight excluding hydrogens is 304 g/mol. The van der Waals surface area contributed by atoms with Gasteiger partial charge in [-0.1, -0.05) is 13.8 Å². The number of amides is 1. The van der Waals surface area contributed by atoms with Crippen LogP contribution in [0.2, 0.25) is 0 Å². The van der Waals surface area contributed by atoms with Gasteiger partial charge in [0.25, 0.3) is 5.91 Å². The van der Waals surface area contributed by atoms with Gasteiger partial charge in [0.1, 0.15) is 11.6 Å². The maximum Gasteiger partial charge on any atom is 0.274 e. The fourth-order valence-electron chi connectivity index (χ4n) is 4.02. The largest absolute Gasteiger partial charge is 0.329 e. The zero-order chi connectivity index (χ0) is 17.0. The highest BCUT2D eigenvalue weighted by molar-refractivity contribution is 5.93. The number of nitrogens with zero attached hydrogens (tertiary/aromatic N) is 6. The molecule has 2 atom stereocenters. The molecule has 0 N–H and O–H groups in total. The summed E-state index contributed by atoms with van der Waals surface area (Å²) in [6, 6.07) is 2.29. The van der Waals surface area contributed by atoms with Crippen molar-refractivity contribution < 1.29 is 4.79 Å². The maximum absolute atomic E-state index is 13.1. The van der Waals surface area contributed by atoms with E-state index in [1.165, 1.54) is 0 Å². The standard InChI is InChI=1S/C17H24N6O/c1-10(2)16-19-18-15-8-12-5-6-13(9-22(15)16)23(12)17(24)14-7-11(3)21(4)20-14/h7,10,12-13H,5-6,8-9H2,1-4H3/t12-,13+/m0/s1. The van der Waals surface area contributed by atoms with Crippen molar-refractivity contribution in [2.45, 2.75) is 64.6 Å². The number of carbonyl (C=O) groups is 1. The summed E-state index contributed by atoms with van der Waals surface area (Å²) in [5.74, 6) is 2.43. The first-order valence-electron chi connectivity index (χ1n) is 8.71. The first-order chi connectivity index (χ1) is 11.5. The van der Waals surface area contributed by atoms with E-state index in [2.05, 4.69) is 38.6 Å². The lowest BCUT2D eigenvalue weighted by Crippen LogP contribution is -2.42. The van der Waals surface area contributed by atoms with Crippen molar-refractivity contribution in [3.05, 3.63) is 29.1 Å². The van der Waals surface area contributed by atoms with Crippen LogP contribution >= 0.6 is 0 Å². The predicted octanol–water partition coefficient (Wildman–Crippen LogP) is 1.67. The average Bonchev–Trinajstić information content (AvgIpc) is 3.16. The number of hydrogen-bond acceptors (Lipinski definition) is 4. The van der Waals surface area contributed by atoms with Crippen molar-refractivity contribution in [1.82, 2.24) is 29.4 Å². The quantitative estimate of drug-likeness (QED) is 0.841. The average molecular weight is 328 g/mol. The normalized spacial score (nSPS) is 22.8. The lowest BCUT2D eigenvalue weighted by Gasteiger charge is -2.27. The van der Waals surface area contributed by atoms with Crippen LogP contribution in [0.4, 0.5) is 0 Å². The molecule has 2 bridgehead atoms. The molecule has 0 aromatic carbocycles. The minimum Gasteiger partial charge on any atom is -0.329 e. The van der Waals surface area contributed by atoms with Crippen molar-refractivity contribution >= 4 is 5.91 Å². The van der Waals surface area contributed by atoms with Gasteiger partial charge in [-0.15, -0.1) is 10.2 Å². The molecule has 0 unspecified atom stereocenters. The zero-order valence-corrected chi connectivity index (χ0v) is 14.7. The highest BCUT2D eigenvalue weighted by Crippen LogP contribution is 2.33. The Balaban J connectivity index is 1.66. The molecule has 24 heavy (non-hydrogen) atoms. The third kappa shape index (κ3) is 2.25. The zero-order valence-electron chi connectivity index (χ0n) is 14.7. The van der Waals surface area contributed by atoms with Crippen LogP contribution in [0.1, 0.15) is 60.4 Å². The summed E-state index contributed by atoms with van der Waals surface area (Å²) in [6.07, 6.45) is 2.86. The van der Waals surface area contributed by atoms with Gasteiger partial charge in [-0.25, -0.2) is 0 Å². The Morgan fingerprint density at radius 3 is 2.67 bits per heavy atom. The second-order valence-corrected chi connectivity index (χ2v) is 7.34. The molecule has 0 spiro atoms. The first-order valence-corrected chi connectivity index (χ1v) is 8.71. The third-order valence-corrected chi connectivity index (χ3v) is 5.37. The number of aryl methyl sites for hydroxylation is 2. The fourth-order valence-corrected chi connectivity index (χ4v) is 4.02. The number of rotatable bonds is 2. The van der Waals surface area contributed by atoms with Gasteiger partial charge in [0.15, 0.2) is 5.69 Å². The van der Waals surface area contributed by atoms with E-state index in [0.717, 1.165) is 43.1 Å². The highest BCUT2D eigenvalue weighted by Gasteiger charge is 2.42. The number of carbonyl (C=O) groups excluding carboxylic acids is 1. The van der Waals surface area contributed by atoms with Crippen LogP contribution in [0.5, 0.6) is 0 Å². The van der Waals surface area contributed by atoms with E-state index in [4.69, 9.17) is 0 Å². The van der Waals surface area contributed by atoms with Gasteiger partial charge in [0, 0.05) is 37.7 Å². The minimum atomic E-state index is 0.0519. The molecule has 1 fully saturated rings. The minimum absolute atomic E-state index is 0.0519. The van der Waals surface area contributed by atoms with Crippen molar-refractivity contribution in [3.8, 4) is 0 Å². The second-order valence-electron chi connectivity index (χ2n) is 7.34. The van der Waals surface area contributed by atoms with Gasteiger partial charge in [-0.05, 0) is 25.8 Å². The molecule has 4 heterocycles. The molecule has 0 saturated carbocycles. The van der Waals surface area contributed by atoms with Crippen LogP contribution in [-0.2, 0) is 20.0 Å². The summed E-state index contributed by atoms with van der Waals surface area (Å²) in [4.78, 5) is 15.1. The van der Waals surface area contributed by atoms with Crippen LogP contribution in [-0.4, -0.2) is 47.4 Å². The van der Waals surface area contributed by atoms with Gasteiger partial charge < -0.3 is 9.47 Å². The summed E-state index contributed by atoms with van der Waals surface area (Å²) in [6.45, 7) is 7.04. The molecule has 2 aliphatic rings. The van der Waals surface area contributed by atoms with Gasteiger partial charge in [-0.3, -0.25) is 9.48 Å². The maximum atomic E-state index is 13.1. The van der Waals surface area contributed by atoms with Crippen molar-refractivity contribution in [1.29, 1.82) is 0 Å². The molecule has 128 valence electrons. The van der Waals surface area contributed by atoms with Gasteiger partial charge >= 0.3 is 0 Å². The van der Waals surface area contributed by atoms with Crippen LogP contribution in [0.25, 0.3) is 0 Å². The molecule has 2 aliphatic heterocycles. The van der Waals surface area contributed by atoms with Crippen molar-refractivity contribution in [2.75, 3.05) is 0 Å². The Morgan fingerprint density at radius 1 is 1.25 bits per heavy atom. The molecule has 2 aromatic heterocycles. The summed E-state index contributed by atoms with van der Waals surface area (Å²) >= 11 is 0. The van der Waals surface area contributed by atoms with Crippen LogP contribution in [0.15, 0.2) is 6.07 Å². The second kappa shape index (κ2) is 5.43. The van der Waals surface area contributed by atoms with Gasteiger partial charge in [0.2, 0.25) is 0 Å². The molecular formula is C17H24N6O. The molecule has 1 amide bonds. The molecule has 7 nitrogen and oxygen atoms in total. The summed E-state index contributed by atoms with van der Waals surface area (Å²) < 4.78 is 4.00. The van der Waals surface area contributed by atoms with E-state index < -0.39 is 0 Å². The molecule has 0 radical (unpaired) electrons. The van der Waals surface area contributed by atoms with Crippen LogP contribution < -0.4 is 0 Å². The smallest absolute Gasteiger partial charge is 0.274 e. The van der Waals surface area contributed by atoms with E-state index in [1.54, 1.807) is 4.68 Å². The van der Waals surface area contributed by atoms with Gasteiger partial charge in [-0.2, -0.15) is 5.10 Å². The molecule has 2 aromatic rings. The Bertz CT molecular complexity index is 770. The predicted molar refractivity (Wildman–Crippen MR) is 88.7 cm³/mol. The SMILES string of the molecule is Cc1cc(C(=O)N2[C@@H]3CC[C@H]2Cc2nnc(C(C)C)n2C3)nn1C. The van der Waals surface area contributed by atoms with E-state index in [0.29, 0.717) is 11.6 Å². The molecule has 4 rings (SSSR count). The monoisotopic (exact) mass is 328 g/mol. The molecule has 1 saturated heterocycles. The number of aromatic nitrogens is 5. The summed E-state index contributed by atoms with van der Waals surface area (Å²) in [7, 11) is 1.87. The molecule has 7 heteroatoms. The Morgan fingerprint density at radius 2 is 2.00 bits per heavy atom. The summed E-state index contributed by atoms with van der Waals surface area (Å²) in [5, 5.41) is 13.2. The van der Waals surface area contributed by atoms with Crippen LogP contribution in [0, 0.1) is 6.92 Å². The topological polar surface area (TPSA) is 68.8 Å². The fraction of sp³-hybridized carbons (Fsp3) is 0.647. The number of hydrogen-bond donors (Lipinski definition) is 0. The van der Waals surface area contributed by atoms with Gasteiger partial charge in [0.05, 0.1) is 6.04 Å². The van der Waals surface area contributed by atoms with E-state index >= 15 is 0 Å². The first kappa shape index (κ1) is 15.4.